The van der Waals surface area contributed by atoms with Crippen molar-refractivity contribution in [3.05, 3.63) is 0 Å². The van der Waals surface area contributed by atoms with Crippen LogP contribution in [0.4, 0.5) is 0 Å². The first-order chi connectivity index (χ1) is 9.78. The Kier molecular flexibility index (Phi) is 4.49. The lowest BCUT2D eigenvalue weighted by molar-refractivity contribution is -0.121. The molecule has 0 aromatic rings. The first-order valence-corrected chi connectivity index (χ1v) is 8.05. The van der Waals surface area contributed by atoms with E-state index >= 15 is 0 Å². The maximum atomic E-state index is 11.6. The van der Waals surface area contributed by atoms with Crippen LogP contribution in [0.1, 0.15) is 53.4 Å². The van der Waals surface area contributed by atoms with Crippen molar-refractivity contribution in [2.24, 2.45) is 10.4 Å². The molecule has 1 amide bonds. The van der Waals surface area contributed by atoms with Crippen LogP contribution in [0.5, 0.6) is 0 Å². The van der Waals surface area contributed by atoms with Gasteiger partial charge in [0.05, 0.1) is 0 Å². The van der Waals surface area contributed by atoms with Crippen LogP contribution in [-0.2, 0) is 4.79 Å². The van der Waals surface area contributed by atoms with Gasteiger partial charge in [-0.15, -0.1) is 0 Å². The summed E-state index contributed by atoms with van der Waals surface area (Å²) < 4.78 is 0. The van der Waals surface area contributed by atoms with E-state index in [4.69, 9.17) is 0 Å². The smallest absolute Gasteiger partial charge is 0.220 e. The number of rotatable bonds is 5. The first kappa shape index (κ1) is 16.1. The summed E-state index contributed by atoms with van der Waals surface area (Å²) in [6.45, 7) is 10.9. The third kappa shape index (κ3) is 3.50. The SMILES string of the molecule is CN=C(NCCCC(=O)NC1CC1)N1CC(C)(C)C1(C)C. The van der Waals surface area contributed by atoms with Crippen molar-refractivity contribution >= 4 is 11.9 Å². The van der Waals surface area contributed by atoms with Crippen molar-refractivity contribution in [3.63, 3.8) is 0 Å². The standard InChI is InChI=1S/C16H30N4O/c1-15(2)11-20(16(15,3)4)14(17-5)18-10-6-7-13(21)19-12-8-9-12/h12H,6-11H2,1-5H3,(H,17,18)(H,19,21). The molecule has 5 heteroatoms. The monoisotopic (exact) mass is 294 g/mol. The molecule has 21 heavy (non-hydrogen) atoms. The highest BCUT2D eigenvalue weighted by Gasteiger charge is 2.53. The normalized spacial score (nSPS) is 23.5. The molecule has 2 N–H and O–H groups in total. The van der Waals surface area contributed by atoms with Crippen LogP contribution in [0.3, 0.4) is 0 Å². The second kappa shape index (κ2) is 5.85. The van der Waals surface area contributed by atoms with Crippen molar-refractivity contribution in [1.29, 1.82) is 0 Å². The van der Waals surface area contributed by atoms with Crippen LogP contribution in [0, 0.1) is 5.41 Å². The second-order valence-electron chi connectivity index (χ2n) is 7.45. The summed E-state index contributed by atoms with van der Waals surface area (Å²) >= 11 is 0. The van der Waals surface area contributed by atoms with Crippen LogP contribution < -0.4 is 10.6 Å². The van der Waals surface area contributed by atoms with Gasteiger partial charge in [-0.3, -0.25) is 9.79 Å². The van der Waals surface area contributed by atoms with E-state index in [1.54, 1.807) is 0 Å². The van der Waals surface area contributed by atoms with E-state index in [0.717, 1.165) is 38.3 Å². The van der Waals surface area contributed by atoms with Crippen molar-refractivity contribution in [2.45, 2.75) is 65.0 Å². The Balaban J connectivity index is 1.70. The minimum atomic E-state index is 0.109. The summed E-state index contributed by atoms with van der Waals surface area (Å²) in [6, 6.07) is 0.461. The summed E-state index contributed by atoms with van der Waals surface area (Å²) in [5.41, 5.74) is 0.410. The first-order valence-electron chi connectivity index (χ1n) is 8.05. The molecule has 2 aliphatic rings. The molecule has 0 atom stereocenters. The quantitative estimate of drug-likeness (QED) is 0.461. The lowest BCUT2D eigenvalue weighted by Gasteiger charge is -2.62. The number of hydrogen-bond donors (Lipinski definition) is 2. The van der Waals surface area contributed by atoms with Crippen LogP contribution in [0.15, 0.2) is 4.99 Å². The zero-order valence-corrected chi connectivity index (χ0v) is 14.1. The number of likely N-dealkylation sites (tertiary alicyclic amines) is 1. The molecule has 0 bridgehead atoms. The zero-order chi connectivity index (χ0) is 15.7. The van der Waals surface area contributed by atoms with Crippen LogP contribution in [0.25, 0.3) is 0 Å². The van der Waals surface area contributed by atoms with E-state index in [1.165, 1.54) is 0 Å². The number of carbonyl (C=O) groups excluding carboxylic acids is 1. The molecule has 0 aromatic heterocycles. The third-order valence-electron chi connectivity index (χ3n) is 5.16. The van der Waals surface area contributed by atoms with Crippen molar-refractivity contribution in [3.8, 4) is 0 Å². The molecule has 0 spiro atoms. The highest BCUT2D eigenvalue weighted by Crippen LogP contribution is 2.46. The van der Waals surface area contributed by atoms with Gasteiger partial charge in [0.25, 0.3) is 0 Å². The Morgan fingerprint density at radius 1 is 1.29 bits per heavy atom. The molecule has 0 aromatic carbocycles. The Morgan fingerprint density at radius 3 is 2.43 bits per heavy atom. The van der Waals surface area contributed by atoms with E-state index in [-0.39, 0.29) is 11.4 Å². The average Bonchev–Trinajstić information content (AvgIpc) is 3.21. The zero-order valence-electron chi connectivity index (χ0n) is 14.1. The van der Waals surface area contributed by atoms with Crippen molar-refractivity contribution < 1.29 is 4.79 Å². The molecular formula is C16H30N4O. The fourth-order valence-electron chi connectivity index (χ4n) is 2.67. The van der Waals surface area contributed by atoms with E-state index in [2.05, 4.69) is 48.2 Å². The fraction of sp³-hybridized carbons (Fsp3) is 0.875. The minimum Gasteiger partial charge on any atom is -0.356 e. The summed E-state index contributed by atoms with van der Waals surface area (Å²) in [7, 11) is 1.82. The average molecular weight is 294 g/mol. The summed E-state index contributed by atoms with van der Waals surface area (Å²) in [5, 5.41) is 6.40. The van der Waals surface area contributed by atoms with Gasteiger partial charge in [-0.25, -0.2) is 0 Å². The Labute approximate surface area is 128 Å². The van der Waals surface area contributed by atoms with E-state index in [0.29, 0.717) is 17.9 Å². The Hall–Kier alpha value is -1.26. The predicted octanol–water partition coefficient (Wildman–Crippen LogP) is 1.74. The summed E-state index contributed by atoms with van der Waals surface area (Å²) in [4.78, 5) is 18.3. The molecule has 1 saturated heterocycles. The predicted molar refractivity (Wildman–Crippen MR) is 86.3 cm³/mol. The van der Waals surface area contributed by atoms with Gasteiger partial charge in [0.15, 0.2) is 5.96 Å². The van der Waals surface area contributed by atoms with Crippen LogP contribution in [-0.4, -0.2) is 48.5 Å². The maximum Gasteiger partial charge on any atom is 0.220 e. The topological polar surface area (TPSA) is 56.7 Å². The van der Waals surface area contributed by atoms with E-state index in [1.807, 2.05) is 7.05 Å². The molecule has 1 aliphatic heterocycles. The minimum absolute atomic E-state index is 0.109. The number of carbonyl (C=O) groups is 1. The van der Waals surface area contributed by atoms with Gasteiger partial charge in [0, 0.05) is 43.6 Å². The molecule has 1 saturated carbocycles. The lowest BCUT2D eigenvalue weighted by Crippen LogP contribution is -2.72. The van der Waals surface area contributed by atoms with Crippen molar-refractivity contribution in [2.75, 3.05) is 20.1 Å². The molecule has 2 fully saturated rings. The van der Waals surface area contributed by atoms with Gasteiger partial charge in [-0.1, -0.05) is 13.8 Å². The van der Waals surface area contributed by atoms with Gasteiger partial charge < -0.3 is 15.5 Å². The van der Waals surface area contributed by atoms with Gasteiger partial charge in [-0.2, -0.15) is 0 Å². The van der Waals surface area contributed by atoms with Crippen molar-refractivity contribution in [1.82, 2.24) is 15.5 Å². The Morgan fingerprint density at radius 2 is 1.95 bits per heavy atom. The lowest BCUT2D eigenvalue weighted by atomic mass is 9.65. The van der Waals surface area contributed by atoms with Gasteiger partial charge >= 0.3 is 0 Å². The molecule has 0 radical (unpaired) electrons. The number of nitrogens with zero attached hydrogens (tertiary/aromatic N) is 2. The van der Waals surface area contributed by atoms with E-state index in [9.17, 15) is 4.79 Å². The maximum absolute atomic E-state index is 11.6. The Bertz CT molecular complexity index is 424. The van der Waals surface area contributed by atoms with Gasteiger partial charge in [0.1, 0.15) is 0 Å². The third-order valence-corrected chi connectivity index (χ3v) is 5.16. The van der Waals surface area contributed by atoms with Gasteiger partial charge in [-0.05, 0) is 33.1 Å². The number of aliphatic imine (C=N–C) groups is 1. The van der Waals surface area contributed by atoms with E-state index < -0.39 is 0 Å². The fourth-order valence-corrected chi connectivity index (χ4v) is 2.67. The summed E-state index contributed by atoms with van der Waals surface area (Å²) in [5.74, 6) is 1.13. The number of nitrogens with one attached hydrogen (secondary N) is 2. The molecule has 120 valence electrons. The molecule has 1 heterocycles. The van der Waals surface area contributed by atoms with Gasteiger partial charge in [0.2, 0.25) is 5.91 Å². The molecule has 1 aliphatic carbocycles. The summed E-state index contributed by atoms with van der Waals surface area (Å²) in [6.07, 6.45) is 3.73. The van der Waals surface area contributed by atoms with Crippen LogP contribution >= 0.6 is 0 Å². The highest BCUT2D eigenvalue weighted by molar-refractivity contribution is 5.82. The number of hydrogen-bond acceptors (Lipinski definition) is 2. The highest BCUT2D eigenvalue weighted by atomic mass is 16.1. The number of amides is 1. The van der Waals surface area contributed by atoms with Crippen LogP contribution in [0.2, 0.25) is 0 Å². The molecule has 5 nitrogen and oxygen atoms in total. The largest absolute Gasteiger partial charge is 0.356 e. The molecule has 2 rings (SSSR count). The second-order valence-corrected chi connectivity index (χ2v) is 7.45. The molecule has 0 unspecified atom stereocenters. The number of guanidine groups is 1. The molecular weight excluding hydrogens is 264 g/mol.